The Morgan fingerprint density at radius 3 is 3.00 bits per heavy atom. The van der Waals surface area contributed by atoms with Crippen LogP contribution in [0.1, 0.15) is 11.6 Å². The van der Waals surface area contributed by atoms with Gasteiger partial charge in [0, 0.05) is 11.6 Å². The first-order valence-electron chi connectivity index (χ1n) is 6.76. The van der Waals surface area contributed by atoms with E-state index in [9.17, 15) is 0 Å². The Kier molecular flexibility index (Phi) is 4.08. The van der Waals surface area contributed by atoms with Crippen molar-refractivity contribution >= 4 is 22.6 Å². The van der Waals surface area contributed by atoms with Crippen LogP contribution < -0.4 is 5.32 Å². The van der Waals surface area contributed by atoms with Gasteiger partial charge in [-0.3, -0.25) is 0 Å². The normalized spacial score (nSPS) is 11.1. The van der Waals surface area contributed by atoms with Crippen LogP contribution in [0.4, 0.5) is 0 Å². The third-order valence-corrected chi connectivity index (χ3v) is 3.50. The largest absolute Gasteiger partial charge is 0.468 e. The Labute approximate surface area is 128 Å². The molecule has 0 bridgehead atoms. The van der Waals surface area contributed by atoms with E-state index in [4.69, 9.17) is 16.0 Å². The maximum Gasteiger partial charge on any atom is 0.124 e. The average molecular weight is 302 g/mol. The second kappa shape index (κ2) is 6.16. The van der Waals surface area contributed by atoms with Gasteiger partial charge in [-0.1, -0.05) is 17.7 Å². The van der Waals surface area contributed by atoms with Crippen molar-refractivity contribution in [3.8, 4) is 0 Å². The smallest absolute Gasteiger partial charge is 0.124 e. The van der Waals surface area contributed by atoms with Crippen LogP contribution in [-0.2, 0) is 19.6 Å². The number of fused-ring (bicyclic) bond motifs is 1. The highest BCUT2D eigenvalue weighted by Crippen LogP contribution is 2.21. The van der Waals surface area contributed by atoms with Crippen molar-refractivity contribution in [1.29, 1.82) is 0 Å². The van der Waals surface area contributed by atoms with E-state index in [2.05, 4.69) is 21.4 Å². The lowest BCUT2D eigenvalue weighted by Crippen LogP contribution is -2.16. The van der Waals surface area contributed by atoms with Crippen molar-refractivity contribution < 1.29 is 4.42 Å². The van der Waals surface area contributed by atoms with Crippen LogP contribution in [0.25, 0.3) is 11.0 Å². The third kappa shape index (κ3) is 3.01. The molecule has 3 aromatic rings. The Morgan fingerprint density at radius 2 is 2.24 bits per heavy atom. The van der Waals surface area contributed by atoms with Gasteiger partial charge in [0.25, 0.3) is 0 Å². The Balaban J connectivity index is 1.83. The highest BCUT2D eigenvalue weighted by Gasteiger charge is 2.10. The first-order chi connectivity index (χ1) is 10.3. The number of nitrogens with zero attached hydrogens (tertiary/aromatic N) is 2. The minimum atomic E-state index is 0.654. The molecule has 1 aromatic carbocycles. The molecule has 0 amide bonds. The molecule has 0 fully saturated rings. The van der Waals surface area contributed by atoms with Crippen molar-refractivity contribution in [2.24, 2.45) is 0 Å². The number of nitrogens with one attached hydrogen (secondary N) is 1. The summed E-state index contributed by atoms with van der Waals surface area (Å²) in [4.78, 5) is 4.65. The molecule has 0 spiro atoms. The number of allylic oxidation sites excluding steroid dienone is 1. The molecule has 2 aromatic heterocycles. The molecule has 0 aliphatic carbocycles. The summed E-state index contributed by atoms with van der Waals surface area (Å²) >= 11 is 6.08. The number of hydrogen-bond acceptors (Lipinski definition) is 3. The zero-order valence-electron chi connectivity index (χ0n) is 11.6. The van der Waals surface area contributed by atoms with Gasteiger partial charge < -0.3 is 14.3 Å². The van der Waals surface area contributed by atoms with E-state index in [0.29, 0.717) is 24.7 Å². The van der Waals surface area contributed by atoms with Gasteiger partial charge in [-0.05, 0) is 30.3 Å². The maximum absolute atomic E-state index is 6.08. The molecule has 0 saturated heterocycles. The van der Waals surface area contributed by atoms with Gasteiger partial charge in [-0.25, -0.2) is 4.98 Å². The number of halogens is 1. The van der Waals surface area contributed by atoms with Crippen molar-refractivity contribution in [1.82, 2.24) is 14.9 Å². The maximum atomic E-state index is 6.08. The topological polar surface area (TPSA) is 43.0 Å². The minimum Gasteiger partial charge on any atom is -0.468 e. The molecule has 108 valence electrons. The van der Waals surface area contributed by atoms with Gasteiger partial charge in [0.15, 0.2) is 0 Å². The summed E-state index contributed by atoms with van der Waals surface area (Å²) in [6.45, 7) is 5.84. The van der Waals surface area contributed by atoms with Gasteiger partial charge >= 0.3 is 0 Å². The second-order valence-corrected chi connectivity index (χ2v) is 5.18. The number of rotatable bonds is 6. The fourth-order valence-corrected chi connectivity index (χ4v) is 2.49. The summed E-state index contributed by atoms with van der Waals surface area (Å²) in [6, 6.07) is 9.55. The molecule has 2 heterocycles. The summed E-state index contributed by atoms with van der Waals surface area (Å²) in [5, 5.41) is 4.05. The number of hydrogen-bond donors (Lipinski definition) is 1. The molecular weight excluding hydrogens is 286 g/mol. The van der Waals surface area contributed by atoms with E-state index in [1.807, 2.05) is 36.4 Å². The predicted molar refractivity (Wildman–Crippen MR) is 84.2 cm³/mol. The fraction of sp³-hybridized carbons (Fsp3) is 0.188. The first kappa shape index (κ1) is 13.9. The SMILES string of the molecule is C=CCn1c(CNCc2ccco2)nc2ccc(Cl)cc21. The fourth-order valence-electron chi connectivity index (χ4n) is 2.32. The van der Waals surface area contributed by atoms with Gasteiger partial charge in [0.2, 0.25) is 0 Å². The summed E-state index contributed by atoms with van der Waals surface area (Å²) < 4.78 is 7.41. The van der Waals surface area contributed by atoms with Crippen LogP contribution in [0.2, 0.25) is 5.02 Å². The zero-order valence-corrected chi connectivity index (χ0v) is 12.3. The van der Waals surface area contributed by atoms with Crippen LogP contribution in [0.15, 0.2) is 53.7 Å². The Bertz CT molecular complexity index is 746. The minimum absolute atomic E-state index is 0.654. The summed E-state index contributed by atoms with van der Waals surface area (Å²) in [6.07, 6.45) is 3.53. The monoisotopic (exact) mass is 301 g/mol. The van der Waals surface area contributed by atoms with E-state index in [0.717, 1.165) is 22.6 Å². The van der Waals surface area contributed by atoms with Gasteiger partial charge in [0.1, 0.15) is 11.6 Å². The van der Waals surface area contributed by atoms with Crippen molar-refractivity contribution in [3.05, 3.63) is 65.9 Å². The standard InChI is InChI=1S/C16H16ClN3O/c1-2-7-20-15-9-12(17)5-6-14(15)19-16(20)11-18-10-13-4-3-8-21-13/h2-6,8-9,18H,1,7,10-11H2. The van der Waals surface area contributed by atoms with Crippen LogP contribution in [0.3, 0.4) is 0 Å². The van der Waals surface area contributed by atoms with Crippen molar-refractivity contribution in [3.63, 3.8) is 0 Å². The third-order valence-electron chi connectivity index (χ3n) is 3.26. The molecule has 0 atom stereocenters. The van der Waals surface area contributed by atoms with Crippen LogP contribution >= 0.6 is 11.6 Å². The lowest BCUT2D eigenvalue weighted by Gasteiger charge is -2.07. The predicted octanol–water partition coefficient (Wildman–Crippen LogP) is 3.76. The van der Waals surface area contributed by atoms with Gasteiger partial charge in [-0.2, -0.15) is 0 Å². The van der Waals surface area contributed by atoms with E-state index in [1.165, 1.54) is 0 Å². The molecule has 0 aliphatic rings. The molecule has 5 heteroatoms. The molecule has 21 heavy (non-hydrogen) atoms. The second-order valence-electron chi connectivity index (χ2n) is 4.74. The van der Waals surface area contributed by atoms with E-state index >= 15 is 0 Å². The van der Waals surface area contributed by atoms with Crippen LogP contribution in [0, 0.1) is 0 Å². The first-order valence-corrected chi connectivity index (χ1v) is 7.14. The van der Waals surface area contributed by atoms with E-state index in [-0.39, 0.29) is 0 Å². The van der Waals surface area contributed by atoms with Gasteiger partial charge in [0.05, 0.1) is 30.4 Å². The molecule has 0 saturated carbocycles. The van der Waals surface area contributed by atoms with Crippen LogP contribution in [-0.4, -0.2) is 9.55 Å². The van der Waals surface area contributed by atoms with Crippen molar-refractivity contribution in [2.75, 3.05) is 0 Å². The quantitative estimate of drug-likeness (QED) is 0.705. The molecule has 3 rings (SSSR count). The highest BCUT2D eigenvalue weighted by molar-refractivity contribution is 6.31. The van der Waals surface area contributed by atoms with E-state index in [1.54, 1.807) is 6.26 Å². The molecule has 0 radical (unpaired) electrons. The zero-order chi connectivity index (χ0) is 14.7. The molecule has 0 unspecified atom stereocenters. The van der Waals surface area contributed by atoms with Gasteiger partial charge in [-0.15, -0.1) is 6.58 Å². The molecule has 1 N–H and O–H groups in total. The number of imidazole rings is 1. The summed E-state index contributed by atoms with van der Waals surface area (Å²) in [5.41, 5.74) is 1.97. The van der Waals surface area contributed by atoms with Crippen molar-refractivity contribution in [2.45, 2.75) is 19.6 Å². The highest BCUT2D eigenvalue weighted by atomic mass is 35.5. The van der Waals surface area contributed by atoms with E-state index < -0.39 is 0 Å². The molecule has 4 nitrogen and oxygen atoms in total. The lowest BCUT2D eigenvalue weighted by atomic mass is 10.3. The summed E-state index contributed by atoms with van der Waals surface area (Å²) in [5.74, 6) is 1.86. The summed E-state index contributed by atoms with van der Waals surface area (Å²) in [7, 11) is 0. The van der Waals surface area contributed by atoms with Crippen LogP contribution in [0.5, 0.6) is 0 Å². The molecular formula is C16H16ClN3O. The Hall–Kier alpha value is -2.04. The number of benzene rings is 1. The molecule has 0 aliphatic heterocycles. The number of aromatic nitrogens is 2. The Morgan fingerprint density at radius 1 is 1.33 bits per heavy atom. The lowest BCUT2D eigenvalue weighted by molar-refractivity contribution is 0.478. The number of furan rings is 1. The average Bonchev–Trinajstić information content (AvgIpc) is 3.09.